The normalized spacial score (nSPS) is 22.0. The van der Waals surface area contributed by atoms with Crippen molar-refractivity contribution >= 4 is 17.7 Å². The van der Waals surface area contributed by atoms with Gasteiger partial charge in [0.1, 0.15) is 11.3 Å². The number of amides is 3. The van der Waals surface area contributed by atoms with Gasteiger partial charge in [0, 0.05) is 0 Å². The van der Waals surface area contributed by atoms with E-state index in [2.05, 4.69) is 5.32 Å². The molecule has 1 heterocycles. The van der Waals surface area contributed by atoms with Crippen molar-refractivity contribution in [2.75, 3.05) is 6.54 Å². The summed E-state index contributed by atoms with van der Waals surface area (Å²) in [5.74, 6) is -1.16. The number of Topliss-reactive ketones (excluding diaryl/α,β-unsaturated/α-hetero) is 1. The van der Waals surface area contributed by atoms with Gasteiger partial charge in [0.2, 0.25) is 0 Å². The minimum Gasteiger partial charge on any atom is -0.319 e. The lowest BCUT2D eigenvalue weighted by atomic mass is 9.90. The van der Waals surface area contributed by atoms with Crippen LogP contribution in [0.3, 0.4) is 0 Å². The van der Waals surface area contributed by atoms with E-state index >= 15 is 0 Å². The van der Waals surface area contributed by atoms with Gasteiger partial charge in [-0.1, -0.05) is 12.1 Å². The molecule has 1 aromatic rings. The molecule has 5 nitrogen and oxygen atoms in total. The number of hydrogen-bond donors (Lipinski definition) is 1. The number of nitrogens with zero attached hydrogens (tertiary/aromatic N) is 1. The van der Waals surface area contributed by atoms with E-state index < -0.39 is 41.5 Å². The third-order valence-corrected chi connectivity index (χ3v) is 3.42. The van der Waals surface area contributed by atoms with E-state index in [1.807, 2.05) is 0 Å². The van der Waals surface area contributed by atoms with E-state index in [1.165, 1.54) is 19.9 Å². The number of hydrogen-bond acceptors (Lipinski definition) is 3. The zero-order valence-corrected chi connectivity index (χ0v) is 11.8. The van der Waals surface area contributed by atoms with Crippen molar-refractivity contribution in [2.45, 2.75) is 25.6 Å². The second kappa shape index (κ2) is 5.11. The first-order chi connectivity index (χ1) is 10.1. The van der Waals surface area contributed by atoms with Crippen LogP contribution in [0.1, 0.15) is 25.0 Å². The summed E-state index contributed by atoms with van der Waals surface area (Å²) in [7, 11) is 0. The minimum absolute atomic E-state index is 0.00623. The minimum atomic E-state index is -4.56. The van der Waals surface area contributed by atoms with Gasteiger partial charge in [0.05, 0.1) is 12.1 Å². The quantitative estimate of drug-likeness (QED) is 0.869. The number of carbonyl (C=O) groups is 3. The third kappa shape index (κ3) is 2.68. The van der Waals surface area contributed by atoms with Gasteiger partial charge in [-0.15, -0.1) is 0 Å². The fourth-order valence-corrected chi connectivity index (χ4v) is 2.27. The second-order valence-electron chi connectivity index (χ2n) is 5.23. The van der Waals surface area contributed by atoms with E-state index in [-0.39, 0.29) is 5.56 Å². The summed E-state index contributed by atoms with van der Waals surface area (Å²) in [6, 6.07) is 3.37. The second-order valence-corrected chi connectivity index (χ2v) is 5.23. The van der Waals surface area contributed by atoms with Crippen LogP contribution in [0.15, 0.2) is 24.3 Å². The number of nitrogens with one attached hydrogen (secondary N) is 1. The first kappa shape index (κ1) is 16.0. The highest BCUT2D eigenvalue weighted by molar-refractivity contribution is 6.09. The van der Waals surface area contributed by atoms with Crippen molar-refractivity contribution in [2.24, 2.45) is 0 Å². The Kier molecular flexibility index (Phi) is 3.72. The van der Waals surface area contributed by atoms with Crippen molar-refractivity contribution < 1.29 is 27.6 Å². The molecule has 1 saturated heterocycles. The monoisotopic (exact) mass is 314 g/mol. The molecule has 0 spiro atoms. The smallest absolute Gasteiger partial charge is 0.319 e. The summed E-state index contributed by atoms with van der Waals surface area (Å²) in [5, 5.41) is 2.35. The highest BCUT2D eigenvalue weighted by atomic mass is 19.4. The average Bonchev–Trinajstić information content (AvgIpc) is 2.62. The zero-order chi connectivity index (χ0) is 16.7. The Morgan fingerprint density at radius 3 is 2.50 bits per heavy atom. The Bertz CT molecular complexity index is 657. The topological polar surface area (TPSA) is 66.5 Å². The molecule has 3 amide bonds. The van der Waals surface area contributed by atoms with Gasteiger partial charge in [0.15, 0.2) is 0 Å². The van der Waals surface area contributed by atoms with Crippen molar-refractivity contribution in [3.63, 3.8) is 0 Å². The molecule has 0 aliphatic carbocycles. The molecule has 1 fully saturated rings. The molecule has 1 N–H and O–H groups in total. The number of ketones is 1. The molecule has 118 valence electrons. The van der Waals surface area contributed by atoms with Crippen LogP contribution in [-0.2, 0) is 21.3 Å². The van der Waals surface area contributed by atoms with Crippen LogP contribution < -0.4 is 5.32 Å². The molecule has 0 aromatic heterocycles. The van der Waals surface area contributed by atoms with E-state index in [9.17, 15) is 27.6 Å². The molecule has 0 unspecified atom stereocenters. The summed E-state index contributed by atoms with van der Waals surface area (Å²) in [5.41, 5.74) is -2.54. The van der Waals surface area contributed by atoms with Crippen LogP contribution in [-0.4, -0.2) is 29.2 Å². The van der Waals surface area contributed by atoms with Crippen molar-refractivity contribution in [3.8, 4) is 0 Å². The van der Waals surface area contributed by atoms with Gasteiger partial charge in [-0.2, -0.15) is 13.2 Å². The molecule has 0 radical (unpaired) electrons. The third-order valence-electron chi connectivity index (χ3n) is 3.42. The largest absolute Gasteiger partial charge is 0.416 e. The fraction of sp³-hybridized carbons (Fsp3) is 0.357. The van der Waals surface area contributed by atoms with Crippen molar-refractivity contribution in [1.29, 1.82) is 0 Å². The van der Waals surface area contributed by atoms with Gasteiger partial charge in [-0.25, -0.2) is 4.79 Å². The van der Waals surface area contributed by atoms with E-state index in [4.69, 9.17) is 0 Å². The SMILES string of the molecule is CC(=O)CN1C(=O)N[C@@](C)(c2cccc(C(F)(F)F)c2)C1=O. The average molecular weight is 314 g/mol. The van der Waals surface area contributed by atoms with Gasteiger partial charge >= 0.3 is 12.2 Å². The molecule has 1 aliphatic rings. The number of carbonyl (C=O) groups excluding carboxylic acids is 3. The maximum absolute atomic E-state index is 12.8. The molecule has 2 rings (SSSR count). The molecule has 22 heavy (non-hydrogen) atoms. The van der Waals surface area contributed by atoms with Crippen molar-refractivity contribution in [3.05, 3.63) is 35.4 Å². The summed E-state index contributed by atoms with van der Waals surface area (Å²) in [6.07, 6.45) is -4.56. The molecular formula is C14H13F3N2O3. The van der Waals surface area contributed by atoms with Gasteiger partial charge in [-0.05, 0) is 31.5 Å². The molecule has 1 aromatic carbocycles. The number of alkyl halides is 3. The van der Waals surface area contributed by atoms with Crippen LogP contribution in [0.25, 0.3) is 0 Å². The highest BCUT2D eigenvalue weighted by Gasteiger charge is 2.49. The van der Waals surface area contributed by atoms with Gasteiger partial charge in [0.25, 0.3) is 5.91 Å². The van der Waals surface area contributed by atoms with Crippen LogP contribution in [0.4, 0.5) is 18.0 Å². The molecule has 1 aliphatic heterocycles. The lowest BCUT2D eigenvalue weighted by Gasteiger charge is -2.23. The first-order valence-electron chi connectivity index (χ1n) is 6.37. The summed E-state index contributed by atoms with van der Waals surface area (Å²) >= 11 is 0. The highest BCUT2D eigenvalue weighted by Crippen LogP contribution is 2.34. The molecule has 0 saturated carbocycles. The van der Waals surface area contributed by atoms with Crippen LogP contribution in [0.5, 0.6) is 0 Å². The number of imide groups is 1. The number of rotatable bonds is 3. The lowest BCUT2D eigenvalue weighted by Crippen LogP contribution is -2.41. The van der Waals surface area contributed by atoms with Gasteiger partial charge < -0.3 is 5.32 Å². The maximum atomic E-state index is 12.8. The van der Waals surface area contributed by atoms with Crippen molar-refractivity contribution in [1.82, 2.24) is 10.2 Å². The van der Waals surface area contributed by atoms with Crippen LogP contribution in [0.2, 0.25) is 0 Å². The standard InChI is InChI=1S/C14H13F3N2O3/c1-8(20)7-19-11(21)13(2,18-12(19)22)9-4-3-5-10(6-9)14(15,16)17/h3-6H,7H2,1-2H3,(H,18,22)/t13-/m0/s1. The van der Waals surface area contributed by atoms with Gasteiger partial charge in [-0.3, -0.25) is 14.5 Å². The van der Waals surface area contributed by atoms with Crippen LogP contribution >= 0.6 is 0 Å². The Labute approximate surface area is 124 Å². The number of urea groups is 1. The Morgan fingerprint density at radius 2 is 1.95 bits per heavy atom. The number of halogens is 3. The Balaban J connectivity index is 2.42. The zero-order valence-electron chi connectivity index (χ0n) is 11.8. The summed E-state index contributed by atoms with van der Waals surface area (Å²) < 4.78 is 38.3. The summed E-state index contributed by atoms with van der Waals surface area (Å²) in [4.78, 5) is 36.0. The molecule has 1 atom stereocenters. The maximum Gasteiger partial charge on any atom is 0.416 e. The molecular weight excluding hydrogens is 301 g/mol. The van der Waals surface area contributed by atoms with E-state index in [1.54, 1.807) is 0 Å². The Hall–Kier alpha value is -2.38. The molecule has 0 bridgehead atoms. The van der Waals surface area contributed by atoms with E-state index in [0.717, 1.165) is 18.2 Å². The van der Waals surface area contributed by atoms with Crippen LogP contribution in [0, 0.1) is 0 Å². The number of benzene rings is 1. The molecule has 8 heteroatoms. The predicted molar refractivity (Wildman–Crippen MR) is 69.7 cm³/mol. The Morgan fingerprint density at radius 1 is 1.32 bits per heavy atom. The predicted octanol–water partition coefficient (Wildman–Crippen LogP) is 2.06. The lowest BCUT2D eigenvalue weighted by molar-refractivity contribution is -0.138. The van der Waals surface area contributed by atoms with E-state index in [0.29, 0.717) is 4.90 Å². The fourth-order valence-electron chi connectivity index (χ4n) is 2.27. The summed E-state index contributed by atoms with van der Waals surface area (Å²) in [6.45, 7) is 2.10. The first-order valence-corrected chi connectivity index (χ1v) is 6.37.